The zero-order valence-electron chi connectivity index (χ0n) is 9.08. The summed E-state index contributed by atoms with van der Waals surface area (Å²) in [6.07, 6.45) is 0.323. The molecule has 4 nitrogen and oxygen atoms in total. The van der Waals surface area contributed by atoms with Gasteiger partial charge in [-0.3, -0.25) is 4.79 Å². The number of hydrogen-bond donors (Lipinski definition) is 3. The Balaban J connectivity index is 2.68. The highest BCUT2D eigenvalue weighted by Gasteiger charge is 2.07. The van der Waals surface area contributed by atoms with Crippen LogP contribution in [0.25, 0.3) is 0 Å². The molecule has 0 aliphatic carbocycles. The lowest BCUT2D eigenvalue weighted by Gasteiger charge is -2.15. The predicted molar refractivity (Wildman–Crippen MR) is 62.5 cm³/mol. The van der Waals surface area contributed by atoms with Crippen molar-refractivity contribution in [3.8, 4) is 0 Å². The van der Waals surface area contributed by atoms with E-state index in [-0.39, 0.29) is 11.9 Å². The van der Waals surface area contributed by atoms with Gasteiger partial charge in [0.05, 0.1) is 0 Å². The SMILES string of the molecule is Cc1cc(N)ccc1NC(C)CC(N)=O. The first kappa shape index (κ1) is 11.4. The minimum Gasteiger partial charge on any atom is -0.399 e. The molecule has 0 aliphatic heterocycles. The third-order valence-electron chi connectivity index (χ3n) is 2.16. The van der Waals surface area contributed by atoms with Gasteiger partial charge in [-0.2, -0.15) is 0 Å². The Morgan fingerprint density at radius 3 is 2.73 bits per heavy atom. The molecule has 15 heavy (non-hydrogen) atoms. The first-order valence-corrected chi connectivity index (χ1v) is 4.90. The summed E-state index contributed by atoms with van der Waals surface area (Å²) < 4.78 is 0. The number of nitrogens with one attached hydrogen (secondary N) is 1. The number of benzene rings is 1. The third kappa shape index (κ3) is 3.50. The van der Waals surface area contributed by atoms with E-state index in [2.05, 4.69) is 5.32 Å². The van der Waals surface area contributed by atoms with Gasteiger partial charge in [0.2, 0.25) is 5.91 Å². The van der Waals surface area contributed by atoms with Crippen LogP contribution >= 0.6 is 0 Å². The van der Waals surface area contributed by atoms with Crippen molar-refractivity contribution in [1.82, 2.24) is 0 Å². The summed E-state index contributed by atoms with van der Waals surface area (Å²) in [5.41, 5.74) is 13.5. The largest absolute Gasteiger partial charge is 0.399 e. The van der Waals surface area contributed by atoms with E-state index in [0.29, 0.717) is 6.42 Å². The summed E-state index contributed by atoms with van der Waals surface area (Å²) in [5, 5.41) is 3.21. The van der Waals surface area contributed by atoms with Crippen LogP contribution < -0.4 is 16.8 Å². The summed E-state index contributed by atoms with van der Waals surface area (Å²) in [6.45, 7) is 3.89. The van der Waals surface area contributed by atoms with Crippen LogP contribution in [-0.2, 0) is 4.79 Å². The van der Waals surface area contributed by atoms with Crippen molar-refractivity contribution in [1.29, 1.82) is 0 Å². The molecule has 0 radical (unpaired) electrons. The monoisotopic (exact) mass is 207 g/mol. The normalized spacial score (nSPS) is 12.1. The van der Waals surface area contributed by atoms with E-state index in [1.165, 1.54) is 0 Å². The Morgan fingerprint density at radius 1 is 1.53 bits per heavy atom. The predicted octanol–water partition coefficient (Wildman–Crippen LogP) is 1.25. The van der Waals surface area contributed by atoms with Crippen LogP contribution in [0.15, 0.2) is 18.2 Å². The highest BCUT2D eigenvalue weighted by Crippen LogP contribution is 2.18. The van der Waals surface area contributed by atoms with Gasteiger partial charge in [0, 0.05) is 23.8 Å². The molecule has 5 N–H and O–H groups in total. The van der Waals surface area contributed by atoms with E-state index in [9.17, 15) is 4.79 Å². The molecule has 0 bridgehead atoms. The molecule has 0 spiro atoms. The second kappa shape index (κ2) is 4.68. The molecule has 1 amide bonds. The molecular formula is C11H17N3O. The number of amides is 1. The number of carbonyl (C=O) groups excluding carboxylic acids is 1. The summed E-state index contributed by atoms with van der Waals surface area (Å²) >= 11 is 0. The highest BCUT2D eigenvalue weighted by molar-refractivity contribution is 5.75. The topological polar surface area (TPSA) is 81.1 Å². The van der Waals surface area contributed by atoms with Crippen LogP contribution in [-0.4, -0.2) is 11.9 Å². The number of hydrogen-bond acceptors (Lipinski definition) is 3. The van der Waals surface area contributed by atoms with Crippen molar-refractivity contribution in [3.63, 3.8) is 0 Å². The van der Waals surface area contributed by atoms with Crippen molar-refractivity contribution >= 4 is 17.3 Å². The molecule has 1 rings (SSSR count). The second-order valence-corrected chi connectivity index (χ2v) is 3.79. The lowest BCUT2D eigenvalue weighted by Crippen LogP contribution is -2.24. The molecule has 0 aliphatic rings. The molecule has 0 heterocycles. The van der Waals surface area contributed by atoms with Crippen LogP contribution in [0.3, 0.4) is 0 Å². The smallest absolute Gasteiger partial charge is 0.219 e. The molecular weight excluding hydrogens is 190 g/mol. The van der Waals surface area contributed by atoms with E-state index >= 15 is 0 Å². The van der Waals surface area contributed by atoms with Crippen molar-refractivity contribution in [3.05, 3.63) is 23.8 Å². The lowest BCUT2D eigenvalue weighted by molar-refractivity contribution is -0.118. The highest BCUT2D eigenvalue weighted by atomic mass is 16.1. The van der Waals surface area contributed by atoms with E-state index in [1.807, 2.05) is 32.0 Å². The molecule has 0 saturated heterocycles. The summed E-state index contributed by atoms with van der Waals surface area (Å²) in [6, 6.07) is 5.65. The summed E-state index contributed by atoms with van der Waals surface area (Å²) in [4.78, 5) is 10.7. The van der Waals surface area contributed by atoms with Gasteiger partial charge in [-0.1, -0.05) is 0 Å². The van der Waals surface area contributed by atoms with Crippen molar-refractivity contribution < 1.29 is 4.79 Å². The average molecular weight is 207 g/mol. The molecule has 1 atom stereocenters. The standard InChI is InChI=1S/C11H17N3O/c1-7-5-9(12)3-4-10(7)14-8(2)6-11(13)15/h3-5,8,14H,6,12H2,1-2H3,(H2,13,15). The van der Waals surface area contributed by atoms with Gasteiger partial charge in [-0.25, -0.2) is 0 Å². The van der Waals surface area contributed by atoms with Gasteiger partial charge in [0.1, 0.15) is 0 Å². The van der Waals surface area contributed by atoms with Crippen LogP contribution in [0, 0.1) is 6.92 Å². The number of rotatable bonds is 4. The maximum atomic E-state index is 10.7. The third-order valence-corrected chi connectivity index (χ3v) is 2.16. The van der Waals surface area contributed by atoms with Crippen LogP contribution in [0.4, 0.5) is 11.4 Å². The van der Waals surface area contributed by atoms with Gasteiger partial charge in [-0.05, 0) is 37.6 Å². The quantitative estimate of drug-likeness (QED) is 0.650. The van der Waals surface area contributed by atoms with Crippen molar-refractivity contribution in [2.24, 2.45) is 5.73 Å². The van der Waals surface area contributed by atoms with E-state index in [0.717, 1.165) is 16.9 Å². The first-order valence-electron chi connectivity index (χ1n) is 4.90. The molecule has 0 saturated carbocycles. The molecule has 0 fully saturated rings. The van der Waals surface area contributed by atoms with Gasteiger partial charge in [-0.15, -0.1) is 0 Å². The average Bonchev–Trinajstić information content (AvgIpc) is 2.08. The fourth-order valence-electron chi connectivity index (χ4n) is 1.47. The fourth-order valence-corrected chi connectivity index (χ4v) is 1.47. The van der Waals surface area contributed by atoms with E-state index < -0.39 is 0 Å². The molecule has 1 aromatic carbocycles. The van der Waals surface area contributed by atoms with Crippen molar-refractivity contribution in [2.75, 3.05) is 11.1 Å². The number of nitrogens with two attached hydrogens (primary N) is 2. The minimum absolute atomic E-state index is 0.0322. The van der Waals surface area contributed by atoms with Crippen LogP contribution in [0.1, 0.15) is 18.9 Å². The zero-order valence-corrected chi connectivity index (χ0v) is 9.08. The Morgan fingerprint density at radius 2 is 2.20 bits per heavy atom. The number of aryl methyl sites for hydroxylation is 1. The summed E-state index contributed by atoms with van der Waals surface area (Å²) in [5.74, 6) is -0.303. The Bertz CT molecular complexity index is 363. The number of anilines is 2. The number of primary amides is 1. The molecule has 1 unspecified atom stereocenters. The van der Waals surface area contributed by atoms with Gasteiger partial charge >= 0.3 is 0 Å². The van der Waals surface area contributed by atoms with Gasteiger partial charge in [0.25, 0.3) is 0 Å². The molecule has 1 aromatic rings. The maximum absolute atomic E-state index is 10.7. The minimum atomic E-state index is -0.303. The van der Waals surface area contributed by atoms with Crippen LogP contribution in [0.5, 0.6) is 0 Å². The zero-order chi connectivity index (χ0) is 11.4. The molecule has 82 valence electrons. The number of carbonyl (C=O) groups is 1. The molecule has 4 heteroatoms. The maximum Gasteiger partial charge on any atom is 0.219 e. The Kier molecular flexibility index (Phi) is 3.55. The van der Waals surface area contributed by atoms with E-state index in [1.54, 1.807) is 0 Å². The van der Waals surface area contributed by atoms with Gasteiger partial charge in [0.15, 0.2) is 0 Å². The fraction of sp³-hybridized carbons (Fsp3) is 0.364. The first-order chi connectivity index (χ1) is 6.99. The molecule has 0 aromatic heterocycles. The Labute approximate surface area is 89.6 Å². The second-order valence-electron chi connectivity index (χ2n) is 3.79. The summed E-state index contributed by atoms with van der Waals surface area (Å²) in [7, 11) is 0. The van der Waals surface area contributed by atoms with E-state index in [4.69, 9.17) is 11.5 Å². The number of nitrogen functional groups attached to an aromatic ring is 1. The van der Waals surface area contributed by atoms with Gasteiger partial charge < -0.3 is 16.8 Å². The Hall–Kier alpha value is -1.71. The lowest BCUT2D eigenvalue weighted by atomic mass is 10.1. The van der Waals surface area contributed by atoms with Crippen LogP contribution in [0.2, 0.25) is 0 Å². The van der Waals surface area contributed by atoms with Crippen molar-refractivity contribution in [2.45, 2.75) is 26.3 Å².